The standard InChI is InChI=1S/C12H21N3O/c1-3-6-15-9-10(8-14-15)12(13-2)11-5-4-7-16-11/h8-9,11-13H,3-7H2,1-2H3. The van der Waals surface area contributed by atoms with E-state index in [-0.39, 0.29) is 6.04 Å². The highest BCUT2D eigenvalue weighted by Gasteiger charge is 2.26. The third-order valence-electron chi connectivity index (χ3n) is 3.11. The Morgan fingerprint density at radius 1 is 1.69 bits per heavy atom. The Bertz CT molecular complexity index is 318. The third-order valence-corrected chi connectivity index (χ3v) is 3.11. The summed E-state index contributed by atoms with van der Waals surface area (Å²) >= 11 is 0. The first-order valence-electron chi connectivity index (χ1n) is 6.16. The Kier molecular flexibility index (Phi) is 3.96. The molecule has 2 unspecified atom stereocenters. The Balaban J connectivity index is 2.06. The number of aryl methyl sites for hydroxylation is 1. The molecule has 4 nitrogen and oxygen atoms in total. The first-order valence-corrected chi connectivity index (χ1v) is 6.16. The zero-order chi connectivity index (χ0) is 11.4. The zero-order valence-corrected chi connectivity index (χ0v) is 10.1. The van der Waals surface area contributed by atoms with Crippen molar-refractivity contribution in [3.05, 3.63) is 18.0 Å². The maximum absolute atomic E-state index is 5.73. The predicted molar refractivity (Wildman–Crippen MR) is 63.3 cm³/mol. The fourth-order valence-corrected chi connectivity index (χ4v) is 2.32. The van der Waals surface area contributed by atoms with E-state index in [9.17, 15) is 0 Å². The lowest BCUT2D eigenvalue weighted by Crippen LogP contribution is -2.28. The molecule has 2 atom stereocenters. The fraction of sp³-hybridized carbons (Fsp3) is 0.750. The molecule has 16 heavy (non-hydrogen) atoms. The molecule has 2 rings (SSSR count). The second kappa shape index (κ2) is 5.46. The highest BCUT2D eigenvalue weighted by atomic mass is 16.5. The molecule has 0 radical (unpaired) electrons. The highest BCUT2D eigenvalue weighted by Crippen LogP contribution is 2.26. The van der Waals surface area contributed by atoms with E-state index >= 15 is 0 Å². The largest absolute Gasteiger partial charge is 0.376 e. The second-order valence-electron chi connectivity index (χ2n) is 4.35. The lowest BCUT2D eigenvalue weighted by Gasteiger charge is -2.20. The molecule has 0 saturated carbocycles. The zero-order valence-electron chi connectivity index (χ0n) is 10.1. The van der Waals surface area contributed by atoms with Crippen LogP contribution < -0.4 is 5.32 Å². The number of nitrogens with one attached hydrogen (secondary N) is 1. The molecule has 2 heterocycles. The average Bonchev–Trinajstić information content (AvgIpc) is 2.92. The second-order valence-corrected chi connectivity index (χ2v) is 4.35. The van der Waals surface area contributed by atoms with Crippen molar-refractivity contribution in [2.45, 2.75) is 44.9 Å². The number of hydrogen-bond acceptors (Lipinski definition) is 3. The quantitative estimate of drug-likeness (QED) is 0.826. The van der Waals surface area contributed by atoms with Gasteiger partial charge in [0.05, 0.1) is 18.3 Å². The summed E-state index contributed by atoms with van der Waals surface area (Å²) in [6, 6.07) is 0.285. The summed E-state index contributed by atoms with van der Waals surface area (Å²) in [7, 11) is 1.99. The van der Waals surface area contributed by atoms with Crippen LogP contribution >= 0.6 is 0 Å². The minimum atomic E-state index is 0.285. The summed E-state index contributed by atoms with van der Waals surface area (Å²) in [6.07, 6.45) is 7.83. The van der Waals surface area contributed by atoms with E-state index in [1.165, 1.54) is 12.0 Å². The van der Waals surface area contributed by atoms with Crippen LogP contribution in [0.5, 0.6) is 0 Å². The molecule has 0 bridgehead atoms. The van der Waals surface area contributed by atoms with Gasteiger partial charge < -0.3 is 10.1 Å². The normalized spacial score (nSPS) is 22.5. The first-order chi connectivity index (χ1) is 7.85. The summed E-state index contributed by atoms with van der Waals surface area (Å²) in [6.45, 7) is 4.05. The number of nitrogens with zero attached hydrogens (tertiary/aromatic N) is 2. The molecule has 1 aliphatic rings. The summed E-state index contributed by atoms with van der Waals surface area (Å²) in [5.41, 5.74) is 1.24. The summed E-state index contributed by atoms with van der Waals surface area (Å²) in [5.74, 6) is 0. The molecule has 1 aromatic rings. The van der Waals surface area contributed by atoms with Gasteiger partial charge in [-0.1, -0.05) is 6.92 Å². The lowest BCUT2D eigenvalue weighted by molar-refractivity contribution is 0.0807. The van der Waals surface area contributed by atoms with Gasteiger partial charge in [-0.05, 0) is 26.3 Å². The van der Waals surface area contributed by atoms with E-state index in [0.717, 1.165) is 26.0 Å². The van der Waals surface area contributed by atoms with Gasteiger partial charge in [0.2, 0.25) is 0 Å². The van der Waals surface area contributed by atoms with Crippen molar-refractivity contribution in [1.29, 1.82) is 0 Å². The maximum atomic E-state index is 5.73. The Hall–Kier alpha value is -0.870. The van der Waals surface area contributed by atoms with Crippen molar-refractivity contribution in [2.75, 3.05) is 13.7 Å². The van der Waals surface area contributed by atoms with E-state index in [4.69, 9.17) is 4.74 Å². The van der Waals surface area contributed by atoms with Crippen LogP contribution in [0.15, 0.2) is 12.4 Å². The molecule has 1 aromatic heterocycles. The van der Waals surface area contributed by atoms with Crippen LogP contribution in [0.1, 0.15) is 37.8 Å². The molecule has 4 heteroatoms. The van der Waals surface area contributed by atoms with Crippen molar-refractivity contribution in [2.24, 2.45) is 0 Å². The van der Waals surface area contributed by atoms with Crippen molar-refractivity contribution in [3.8, 4) is 0 Å². The molecular weight excluding hydrogens is 202 g/mol. The number of aromatic nitrogens is 2. The van der Waals surface area contributed by atoms with Gasteiger partial charge in [-0.15, -0.1) is 0 Å². The molecular formula is C12H21N3O. The molecule has 0 aliphatic carbocycles. The SMILES string of the molecule is CCCn1cc(C(NC)C2CCCO2)cn1. The van der Waals surface area contributed by atoms with Crippen molar-refractivity contribution in [3.63, 3.8) is 0 Å². The van der Waals surface area contributed by atoms with Crippen LogP contribution in [0.4, 0.5) is 0 Å². The van der Waals surface area contributed by atoms with Crippen LogP contribution in [0, 0.1) is 0 Å². The number of likely N-dealkylation sites (N-methyl/N-ethyl adjacent to an activating group) is 1. The topological polar surface area (TPSA) is 39.1 Å². The van der Waals surface area contributed by atoms with Crippen LogP contribution in [0.25, 0.3) is 0 Å². The molecule has 1 fully saturated rings. The number of hydrogen-bond donors (Lipinski definition) is 1. The van der Waals surface area contributed by atoms with Gasteiger partial charge in [0.25, 0.3) is 0 Å². The predicted octanol–water partition coefficient (Wildman–Crippen LogP) is 1.73. The van der Waals surface area contributed by atoms with Crippen LogP contribution in [-0.4, -0.2) is 29.5 Å². The molecule has 0 aromatic carbocycles. The van der Waals surface area contributed by atoms with Gasteiger partial charge in [-0.25, -0.2) is 0 Å². The summed E-state index contributed by atoms with van der Waals surface area (Å²) in [5, 5.41) is 7.70. The van der Waals surface area contributed by atoms with Gasteiger partial charge >= 0.3 is 0 Å². The smallest absolute Gasteiger partial charge is 0.0771 e. The fourth-order valence-electron chi connectivity index (χ4n) is 2.32. The summed E-state index contributed by atoms with van der Waals surface area (Å²) in [4.78, 5) is 0. The Morgan fingerprint density at radius 2 is 2.56 bits per heavy atom. The Morgan fingerprint density at radius 3 is 3.19 bits per heavy atom. The lowest BCUT2D eigenvalue weighted by atomic mass is 10.0. The van der Waals surface area contributed by atoms with Crippen LogP contribution in [0.2, 0.25) is 0 Å². The van der Waals surface area contributed by atoms with Gasteiger partial charge in [-0.3, -0.25) is 4.68 Å². The highest BCUT2D eigenvalue weighted by molar-refractivity contribution is 5.12. The monoisotopic (exact) mass is 223 g/mol. The number of ether oxygens (including phenoxy) is 1. The minimum Gasteiger partial charge on any atom is -0.376 e. The van der Waals surface area contributed by atoms with Crippen molar-refractivity contribution >= 4 is 0 Å². The van der Waals surface area contributed by atoms with E-state index < -0.39 is 0 Å². The van der Waals surface area contributed by atoms with Crippen molar-refractivity contribution < 1.29 is 4.74 Å². The van der Waals surface area contributed by atoms with E-state index in [1.807, 2.05) is 17.9 Å². The molecule has 1 saturated heterocycles. The Labute approximate surface area is 97.0 Å². The molecule has 0 spiro atoms. The van der Waals surface area contributed by atoms with Gasteiger partial charge in [0.1, 0.15) is 0 Å². The number of rotatable bonds is 5. The minimum absolute atomic E-state index is 0.285. The molecule has 0 amide bonds. The molecule has 1 N–H and O–H groups in total. The third kappa shape index (κ3) is 2.44. The summed E-state index contributed by atoms with van der Waals surface area (Å²) < 4.78 is 7.74. The van der Waals surface area contributed by atoms with Crippen molar-refractivity contribution in [1.82, 2.24) is 15.1 Å². The van der Waals surface area contributed by atoms with Gasteiger partial charge in [0.15, 0.2) is 0 Å². The van der Waals surface area contributed by atoms with Crippen LogP contribution in [0.3, 0.4) is 0 Å². The first kappa shape index (κ1) is 11.6. The van der Waals surface area contributed by atoms with Gasteiger partial charge in [-0.2, -0.15) is 5.10 Å². The van der Waals surface area contributed by atoms with E-state index in [1.54, 1.807) is 0 Å². The average molecular weight is 223 g/mol. The molecule has 1 aliphatic heterocycles. The van der Waals surface area contributed by atoms with E-state index in [2.05, 4.69) is 23.5 Å². The van der Waals surface area contributed by atoms with E-state index in [0.29, 0.717) is 6.10 Å². The van der Waals surface area contributed by atoms with Gasteiger partial charge in [0, 0.05) is 24.9 Å². The van der Waals surface area contributed by atoms with Crippen LogP contribution in [-0.2, 0) is 11.3 Å². The molecule has 90 valence electrons. The maximum Gasteiger partial charge on any atom is 0.0771 e.